The van der Waals surface area contributed by atoms with Crippen molar-refractivity contribution in [2.24, 2.45) is 0 Å². The molecule has 1 atom stereocenters. The first kappa shape index (κ1) is 15.1. The summed E-state index contributed by atoms with van der Waals surface area (Å²) >= 11 is 0. The molecule has 0 saturated carbocycles. The molecule has 1 aliphatic rings. The number of sulfonamides is 1. The summed E-state index contributed by atoms with van der Waals surface area (Å²) in [6, 6.07) is 4.58. The van der Waals surface area contributed by atoms with E-state index in [2.05, 4.69) is 0 Å². The maximum atomic E-state index is 12.4. The Balaban J connectivity index is 2.20. The van der Waals surface area contributed by atoms with Crippen LogP contribution >= 0.6 is 0 Å². The molecular formula is C13H19NO5S. The van der Waals surface area contributed by atoms with Crippen LogP contribution in [0.3, 0.4) is 0 Å². The molecule has 0 fully saturated rings. The smallest absolute Gasteiger partial charge is 0.242 e. The number of hydrogen-bond donors (Lipinski definition) is 1. The summed E-state index contributed by atoms with van der Waals surface area (Å²) in [7, 11) is -2.09. The monoisotopic (exact) mass is 301 g/mol. The molecule has 0 aliphatic carbocycles. The first-order valence-corrected chi connectivity index (χ1v) is 7.89. The highest BCUT2D eigenvalue weighted by Crippen LogP contribution is 2.32. The molecule has 2 rings (SSSR count). The topological polar surface area (TPSA) is 76.1 Å². The number of rotatable bonds is 5. The summed E-state index contributed by atoms with van der Waals surface area (Å²) in [6.45, 7) is 2.76. The van der Waals surface area contributed by atoms with E-state index < -0.39 is 16.1 Å². The second-order valence-corrected chi connectivity index (χ2v) is 6.81. The highest BCUT2D eigenvalue weighted by atomic mass is 32.2. The number of nitrogens with zero attached hydrogens (tertiary/aromatic N) is 1. The zero-order chi connectivity index (χ0) is 14.8. The van der Waals surface area contributed by atoms with Gasteiger partial charge in [0.25, 0.3) is 0 Å². The van der Waals surface area contributed by atoms with Gasteiger partial charge in [0.05, 0.1) is 11.0 Å². The summed E-state index contributed by atoms with van der Waals surface area (Å²) in [5.74, 6) is 1.00. The number of ether oxygens (including phenoxy) is 2. The van der Waals surface area contributed by atoms with Crippen molar-refractivity contribution < 1.29 is 23.0 Å². The van der Waals surface area contributed by atoms with Gasteiger partial charge in [-0.3, -0.25) is 0 Å². The molecule has 1 unspecified atom stereocenters. The molecule has 1 aromatic carbocycles. The van der Waals surface area contributed by atoms with Gasteiger partial charge in [0.2, 0.25) is 10.0 Å². The Kier molecular flexibility index (Phi) is 4.52. The van der Waals surface area contributed by atoms with Crippen molar-refractivity contribution in [3.05, 3.63) is 18.2 Å². The van der Waals surface area contributed by atoms with Crippen molar-refractivity contribution in [2.45, 2.75) is 24.3 Å². The van der Waals surface area contributed by atoms with Gasteiger partial charge < -0.3 is 14.6 Å². The second kappa shape index (κ2) is 5.99. The number of benzene rings is 1. The third-order valence-corrected chi connectivity index (χ3v) is 4.94. The predicted molar refractivity (Wildman–Crippen MR) is 73.5 cm³/mol. The van der Waals surface area contributed by atoms with Crippen LogP contribution in [0.1, 0.15) is 13.3 Å². The largest absolute Gasteiger partial charge is 0.486 e. The van der Waals surface area contributed by atoms with Crippen LogP contribution in [0.5, 0.6) is 11.5 Å². The van der Waals surface area contributed by atoms with Crippen molar-refractivity contribution in [1.29, 1.82) is 0 Å². The zero-order valence-electron chi connectivity index (χ0n) is 11.6. The SMILES string of the molecule is CC(O)CCN(C)S(=O)(=O)c1ccc2c(c1)OCCO2. The lowest BCUT2D eigenvalue weighted by Gasteiger charge is -2.21. The van der Waals surface area contributed by atoms with Crippen LogP contribution in [-0.2, 0) is 10.0 Å². The highest BCUT2D eigenvalue weighted by Gasteiger charge is 2.23. The van der Waals surface area contributed by atoms with E-state index in [1.165, 1.54) is 23.5 Å². The lowest BCUT2D eigenvalue weighted by Crippen LogP contribution is -2.29. The van der Waals surface area contributed by atoms with Crippen molar-refractivity contribution in [3.8, 4) is 11.5 Å². The Hall–Kier alpha value is -1.31. The Labute approximate surface area is 119 Å². The molecule has 1 aromatic rings. The molecule has 6 nitrogen and oxygen atoms in total. The Morgan fingerprint density at radius 3 is 2.60 bits per heavy atom. The number of aliphatic hydroxyl groups excluding tert-OH is 1. The van der Waals surface area contributed by atoms with E-state index in [9.17, 15) is 13.5 Å². The van der Waals surface area contributed by atoms with E-state index in [1.807, 2.05) is 0 Å². The summed E-state index contributed by atoms with van der Waals surface area (Å²) < 4.78 is 36.7. The van der Waals surface area contributed by atoms with Gasteiger partial charge in [0.15, 0.2) is 11.5 Å². The van der Waals surface area contributed by atoms with Gasteiger partial charge in [-0.25, -0.2) is 12.7 Å². The van der Waals surface area contributed by atoms with E-state index in [-0.39, 0.29) is 11.4 Å². The number of hydrogen-bond acceptors (Lipinski definition) is 5. The van der Waals surface area contributed by atoms with E-state index >= 15 is 0 Å². The average molecular weight is 301 g/mol. The minimum atomic E-state index is -3.58. The minimum absolute atomic E-state index is 0.162. The normalized spacial score (nSPS) is 16.2. The van der Waals surface area contributed by atoms with Crippen LogP contribution in [0.2, 0.25) is 0 Å². The van der Waals surface area contributed by atoms with E-state index in [4.69, 9.17) is 9.47 Å². The molecule has 112 valence electrons. The fourth-order valence-corrected chi connectivity index (χ4v) is 3.05. The first-order valence-electron chi connectivity index (χ1n) is 6.45. The predicted octanol–water partition coefficient (Wildman–Crippen LogP) is 0.849. The Morgan fingerprint density at radius 2 is 1.95 bits per heavy atom. The van der Waals surface area contributed by atoms with Crippen LogP contribution in [-0.4, -0.2) is 50.7 Å². The molecule has 1 N–H and O–H groups in total. The van der Waals surface area contributed by atoms with Crippen molar-refractivity contribution in [1.82, 2.24) is 4.31 Å². The lowest BCUT2D eigenvalue weighted by atomic mass is 10.3. The Bertz CT molecular complexity index is 570. The third-order valence-electron chi connectivity index (χ3n) is 3.08. The highest BCUT2D eigenvalue weighted by molar-refractivity contribution is 7.89. The minimum Gasteiger partial charge on any atom is -0.486 e. The van der Waals surface area contributed by atoms with Crippen LogP contribution < -0.4 is 9.47 Å². The van der Waals surface area contributed by atoms with Gasteiger partial charge in [-0.2, -0.15) is 0 Å². The maximum Gasteiger partial charge on any atom is 0.242 e. The summed E-state index contributed by atoms with van der Waals surface area (Å²) in [6.07, 6.45) is -0.145. The summed E-state index contributed by atoms with van der Waals surface area (Å²) in [5.41, 5.74) is 0. The summed E-state index contributed by atoms with van der Waals surface area (Å²) in [5, 5.41) is 9.24. The quantitative estimate of drug-likeness (QED) is 0.872. The molecule has 1 aliphatic heterocycles. The van der Waals surface area contributed by atoms with Crippen LogP contribution in [0.4, 0.5) is 0 Å². The fourth-order valence-electron chi connectivity index (χ4n) is 1.85. The third kappa shape index (κ3) is 3.23. The average Bonchev–Trinajstić information content (AvgIpc) is 2.44. The second-order valence-electron chi connectivity index (χ2n) is 4.77. The van der Waals surface area contributed by atoms with Crippen LogP contribution in [0.25, 0.3) is 0 Å². The molecule has 0 aromatic heterocycles. The van der Waals surface area contributed by atoms with Gasteiger partial charge in [-0.05, 0) is 25.5 Å². The van der Waals surface area contributed by atoms with Crippen LogP contribution in [0, 0.1) is 0 Å². The van der Waals surface area contributed by atoms with Gasteiger partial charge >= 0.3 is 0 Å². The van der Waals surface area contributed by atoms with E-state index in [0.29, 0.717) is 31.1 Å². The first-order chi connectivity index (χ1) is 9.41. The molecule has 0 bridgehead atoms. The molecule has 0 saturated heterocycles. The van der Waals surface area contributed by atoms with Gasteiger partial charge in [0, 0.05) is 19.7 Å². The number of fused-ring (bicyclic) bond motifs is 1. The molecule has 0 radical (unpaired) electrons. The van der Waals surface area contributed by atoms with Crippen molar-refractivity contribution in [2.75, 3.05) is 26.8 Å². The Morgan fingerprint density at radius 1 is 1.30 bits per heavy atom. The van der Waals surface area contributed by atoms with Crippen molar-refractivity contribution >= 4 is 10.0 Å². The molecule has 20 heavy (non-hydrogen) atoms. The van der Waals surface area contributed by atoms with Crippen LogP contribution in [0.15, 0.2) is 23.1 Å². The molecule has 0 amide bonds. The molecular weight excluding hydrogens is 282 g/mol. The maximum absolute atomic E-state index is 12.4. The number of aliphatic hydroxyl groups is 1. The molecule has 1 heterocycles. The molecule has 0 spiro atoms. The standard InChI is InChI=1S/C13H19NO5S/c1-10(15)5-6-14(2)20(16,17)11-3-4-12-13(9-11)19-8-7-18-12/h3-4,9-10,15H,5-8H2,1-2H3. The fraction of sp³-hybridized carbons (Fsp3) is 0.538. The molecule has 7 heteroatoms. The van der Waals surface area contributed by atoms with E-state index in [0.717, 1.165) is 0 Å². The van der Waals surface area contributed by atoms with Crippen molar-refractivity contribution in [3.63, 3.8) is 0 Å². The lowest BCUT2D eigenvalue weighted by molar-refractivity contribution is 0.171. The zero-order valence-corrected chi connectivity index (χ0v) is 12.4. The van der Waals surface area contributed by atoms with Gasteiger partial charge in [0.1, 0.15) is 13.2 Å². The van der Waals surface area contributed by atoms with Gasteiger partial charge in [-0.1, -0.05) is 0 Å². The summed E-state index contributed by atoms with van der Waals surface area (Å²) in [4.78, 5) is 0.162. The van der Waals surface area contributed by atoms with E-state index in [1.54, 1.807) is 13.0 Å². The van der Waals surface area contributed by atoms with Gasteiger partial charge in [-0.15, -0.1) is 0 Å².